The van der Waals surface area contributed by atoms with E-state index in [0.717, 1.165) is 0 Å². The molecule has 0 aliphatic carbocycles. The van der Waals surface area contributed by atoms with Crippen LogP contribution in [0.2, 0.25) is 5.15 Å². The zero-order valence-corrected chi connectivity index (χ0v) is 8.38. The molecule has 0 atom stereocenters. The van der Waals surface area contributed by atoms with Crippen LogP contribution in [-0.4, -0.2) is 9.55 Å². The van der Waals surface area contributed by atoms with E-state index in [1.165, 1.54) is 4.57 Å². The third-order valence-corrected chi connectivity index (χ3v) is 1.92. The fourth-order valence-corrected chi connectivity index (χ4v) is 1.42. The van der Waals surface area contributed by atoms with Crippen molar-refractivity contribution < 1.29 is 0 Å². The van der Waals surface area contributed by atoms with Gasteiger partial charge in [0.05, 0.1) is 0 Å². The zero-order chi connectivity index (χ0) is 10.0. The SMILES string of the molecule is CC(C)n1c(CN)cc(Cl)nc1=O. The van der Waals surface area contributed by atoms with E-state index in [0.29, 0.717) is 5.69 Å². The van der Waals surface area contributed by atoms with Crippen molar-refractivity contribution in [1.29, 1.82) is 0 Å². The molecule has 2 N–H and O–H groups in total. The maximum Gasteiger partial charge on any atom is 0.349 e. The molecule has 0 aromatic carbocycles. The molecule has 1 heterocycles. The molecule has 0 radical (unpaired) electrons. The van der Waals surface area contributed by atoms with Crippen LogP contribution in [0.1, 0.15) is 25.6 Å². The summed E-state index contributed by atoms with van der Waals surface area (Å²) in [7, 11) is 0. The molecule has 0 spiro atoms. The number of aromatic nitrogens is 2. The van der Waals surface area contributed by atoms with Crippen molar-refractivity contribution in [1.82, 2.24) is 9.55 Å². The average Bonchev–Trinajstić information content (AvgIpc) is 2.01. The van der Waals surface area contributed by atoms with Crippen molar-refractivity contribution in [2.24, 2.45) is 5.73 Å². The quantitative estimate of drug-likeness (QED) is 0.725. The summed E-state index contributed by atoms with van der Waals surface area (Å²) in [5, 5.41) is 0.197. The summed E-state index contributed by atoms with van der Waals surface area (Å²) >= 11 is 5.63. The Labute approximate surface area is 81.3 Å². The Hall–Kier alpha value is -0.870. The van der Waals surface area contributed by atoms with Gasteiger partial charge in [-0.15, -0.1) is 0 Å². The summed E-state index contributed by atoms with van der Waals surface area (Å²) in [6.45, 7) is 4.09. The molecule has 0 bridgehead atoms. The highest BCUT2D eigenvalue weighted by Gasteiger charge is 2.08. The Morgan fingerprint density at radius 2 is 2.31 bits per heavy atom. The number of hydrogen-bond acceptors (Lipinski definition) is 3. The molecule has 1 rings (SSSR count). The van der Waals surface area contributed by atoms with Gasteiger partial charge in [0.1, 0.15) is 5.15 Å². The number of nitrogens with zero attached hydrogens (tertiary/aromatic N) is 2. The lowest BCUT2D eigenvalue weighted by molar-refractivity contribution is 0.537. The monoisotopic (exact) mass is 201 g/mol. The summed E-state index contributed by atoms with van der Waals surface area (Å²) in [4.78, 5) is 15.0. The average molecular weight is 202 g/mol. The number of halogens is 1. The normalized spacial score (nSPS) is 10.8. The number of rotatable bonds is 2. The molecule has 0 aliphatic rings. The first-order chi connectivity index (χ1) is 6.06. The van der Waals surface area contributed by atoms with Crippen LogP contribution < -0.4 is 11.4 Å². The van der Waals surface area contributed by atoms with Gasteiger partial charge >= 0.3 is 5.69 Å². The third kappa shape index (κ3) is 2.08. The number of nitrogens with two attached hydrogens (primary N) is 1. The molecule has 1 aromatic heterocycles. The lowest BCUT2D eigenvalue weighted by Crippen LogP contribution is -2.28. The second-order valence-electron chi connectivity index (χ2n) is 3.02. The first kappa shape index (κ1) is 10.2. The lowest BCUT2D eigenvalue weighted by atomic mass is 10.3. The summed E-state index contributed by atoms with van der Waals surface area (Å²) < 4.78 is 1.53. The molecule has 0 aliphatic heterocycles. The summed E-state index contributed by atoms with van der Waals surface area (Å²) in [5.41, 5.74) is 5.84. The highest BCUT2D eigenvalue weighted by molar-refractivity contribution is 6.29. The standard InChI is InChI=1S/C8H12ClN3O/c1-5(2)12-6(4-10)3-7(9)11-8(12)13/h3,5H,4,10H2,1-2H3. The first-order valence-electron chi connectivity index (χ1n) is 4.04. The van der Waals surface area contributed by atoms with Crippen LogP contribution in [0.15, 0.2) is 10.9 Å². The molecule has 0 fully saturated rings. The molecule has 13 heavy (non-hydrogen) atoms. The molecule has 0 saturated carbocycles. The topological polar surface area (TPSA) is 60.9 Å². The van der Waals surface area contributed by atoms with E-state index in [2.05, 4.69) is 4.98 Å². The van der Waals surface area contributed by atoms with Crippen LogP contribution >= 0.6 is 11.6 Å². The minimum atomic E-state index is -0.344. The van der Waals surface area contributed by atoms with E-state index >= 15 is 0 Å². The van der Waals surface area contributed by atoms with Gasteiger partial charge in [-0.25, -0.2) is 4.79 Å². The van der Waals surface area contributed by atoms with Gasteiger partial charge in [-0.3, -0.25) is 4.57 Å². The van der Waals surface area contributed by atoms with E-state index in [1.54, 1.807) is 6.07 Å². The summed E-state index contributed by atoms with van der Waals surface area (Å²) in [6.07, 6.45) is 0. The van der Waals surface area contributed by atoms with Crippen LogP contribution in [0.3, 0.4) is 0 Å². The molecular weight excluding hydrogens is 190 g/mol. The summed E-state index contributed by atoms with van der Waals surface area (Å²) in [6, 6.07) is 1.67. The van der Waals surface area contributed by atoms with Crippen molar-refractivity contribution in [3.05, 3.63) is 27.4 Å². The van der Waals surface area contributed by atoms with Gasteiger partial charge < -0.3 is 5.73 Å². The van der Waals surface area contributed by atoms with Gasteiger partial charge in [-0.05, 0) is 19.9 Å². The Kier molecular flexibility index (Phi) is 3.06. The lowest BCUT2D eigenvalue weighted by Gasteiger charge is -2.13. The largest absolute Gasteiger partial charge is 0.349 e. The molecular formula is C8H12ClN3O. The zero-order valence-electron chi connectivity index (χ0n) is 7.62. The van der Waals surface area contributed by atoms with Crippen molar-refractivity contribution in [3.8, 4) is 0 Å². The van der Waals surface area contributed by atoms with Crippen molar-refractivity contribution >= 4 is 11.6 Å². The van der Waals surface area contributed by atoms with E-state index < -0.39 is 0 Å². The van der Waals surface area contributed by atoms with E-state index in [4.69, 9.17) is 17.3 Å². The predicted octanol–water partition coefficient (Wildman–Crippen LogP) is 0.936. The van der Waals surface area contributed by atoms with Gasteiger partial charge in [0.25, 0.3) is 0 Å². The molecule has 5 heteroatoms. The highest BCUT2D eigenvalue weighted by atomic mass is 35.5. The second kappa shape index (κ2) is 3.89. The van der Waals surface area contributed by atoms with Crippen LogP contribution in [0.4, 0.5) is 0 Å². The maximum atomic E-state index is 11.4. The van der Waals surface area contributed by atoms with E-state index in [1.807, 2.05) is 13.8 Å². The molecule has 0 amide bonds. The van der Waals surface area contributed by atoms with Crippen LogP contribution in [-0.2, 0) is 6.54 Å². The van der Waals surface area contributed by atoms with Crippen LogP contribution in [0.5, 0.6) is 0 Å². The van der Waals surface area contributed by atoms with Crippen LogP contribution in [0.25, 0.3) is 0 Å². The van der Waals surface area contributed by atoms with Gasteiger partial charge in [0.15, 0.2) is 0 Å². The fraction of sp³-hybridized carbons (Fsp3) is 0.500. The molecule has 0 unspecified atom stereocenters. The Morgan fingerprint density at radius 3 is 2.77 bits per heavy atom. The Balaban J connectivity index is 3.39. The maximum absolute atomic E-state index is 11.4. The molecule has 72 valence electrons. The Bertz CT molecular complexity index is 359. The van der Waals surface area contributed by atoms with E-state index in [9.17, 15) is 4.79 Å². The molecule has 4 nitrogen and oxygen atoms in total. The van der Waals surface area contributed by atoms with Gasteiger partial charge in [0.2, 0.25) is 0 Å². The van der Waals surface area contributed by atoms with Crippen molar-refractivity contribution in [2.75, 3.05) is 0 Å². The van der Waals surface area contributed by atoms with Gasteiger partial charge in [-0.2, -0.15) is 4.98 Å². The molecule has 0 saturated heterocycles. The minimum absolute atomic E-state index is 0.0517. The number of hydrogen-bond donors (Lipinski definition) is 1. The molecule has 1 aromatic rings. The van der Waals surface area contributed by atoms with E-state index in [-0.39, 0.29) is 23.4 Å². The fourth-order valence-electron chi connectivity index (χ4n) is 1.22. The van der Waals surface area contributed by atoms with Crippen molar-refractivity contribution in [2.45, 2.75) is 26.4 Å². The third-order valence-electron chi connectivity index (χ3n) is 1.73. The van der Waals surface area contributed by atoms with Gasteiger partial charge in [-0.1, -0.05) is 11.6 Å². The van der Waals surface area contributed by atoms with Crippen LogP contribution in [0, 0.1) is 0 Å². The second-order valence-corrected chi connectivity index (χ2v) is 3.41. The smallest absolute Gasteiger partial charge is 0.325 e. The predicted molar refractivity (Wildman–Crippen MR) is 51.8 cm³/mol. The Morgan fingerprint density at radius 1 is 1.69 bits per heavy atom. The minimum Gasteiger partial charge on any atom is -0.325 e. The first-order valence-corrected chi connectivity index (χ1v) is 4.42. The van der Waals surface area contributed by atoms with Crippen molar-refractivity contribution in [3.63, 3.8) is 0 Å². The van der Waals surface area contributed by atoms with Gasteiger partial charge in [0, 0.05) is 18.3 Å². The summed E-state index contributed by atoms with van der Waals surface area (Å²) in [5.74, 6) is 0. The highest BCUT2D eigenvalue weighted by Crippen LogP contribution is 2.09.